The zero-order valence-corrected chi connectivity index (χ0v) is 13.5. The van der Waals surface area contributed by atoms with E-state index < -0.39 is 23.3 Å². The van der Waals surface area contributed by atoms with Gasteiger partial charge in [-0.15, -0.1) is 0 Å². The first kappa shape index (κ1) is 18.9. The van der Waals surface area contributed by atoms with Gasteiger partial charge in [-0.05, 0) is 32.1 Å². The van der Waals surface area contributed by atoms with E-state index in [4.69, 9.17) is 4.42 Å². The minimum atomic E-state index is -0.945. The van der Waals surface area contributed by atoms with Crippen molar-refractivity contribution in [1.82, 2.24) is 0 Å². The summed E-state index contributed by atoms with van der Waals surface area (Å²) in [5.41, 5.74) is -1.64. The van der Waals surface area contributed by atoms with Crippen LogP contribution in [0.5, 0.6) is 0 Å². The number of methoxy groups -OCH3 is 2. The predicted molar refractivity (Wildman–Crippen MR) is 82.7 cm³/mol. The second-order valence-corrected chi connectivity index (χ2v) is 4.60. The molecule has 0 radical (unpaired) electrons. The Morgan fingerprint density at radius 1 is 1.12 bits per heavy atom. The number of ketones is 1. The number of carbonyl (C=O) groups excluding carboxylic acids is 3. The van der Waals surface area contributed by atoms with Crippen LogP contribution in [0.3, 0.4) is 0 Å². The van der Waals surface area contributed by atoms with Crippen molar-refractivity contribution >= 4 is 23.8 Å². The van der Waals surface area contributed by atoms with Crippen LogP contribution >= 0.6 is 0 Å². The lowest BCUT2D eigenvalue weighted by molar-refractivity contribution is -0.135. The molecule has 0 bridgehead atoms. The molecule has 0 aliphatic rings. The minimum Gasteiger partial charge on any atom is -0.512 e. The van der Waals surface area contributed by atoms with Crippen LogP contribution in [0.25, 0.3) is 6.08 Å². The molecule has 0 saturated carbocycles. The summed E-state index contributed by atoms with van der Waals surface area (Å²) >= 11 is 0. The molecule has 0 spiro atoms. The van der Waals surface area contributed by atoms with Crippen LogP contribution in [0, 0.1) is 0 Å². The molecule has 1 heterocycles. The average molecular weight is 336 g/mol. The summed E-state index contributed by atoms with van der Waals surface area (Å²) in [6.45, 7) is 2.41. The van der Waals surface area contributed by atoms with Crippen LogP contribution in [0.2, 0.25) is 0 Å². The Morgan fingerprint density at radius 2 is 1.75 bits per heavy atom. The molecular formula is C16H16O8. The highest BCUT2D eigenvalue weighted by atomic mass is 16.5. The summed E-state index contributed by atoms with van der Waals surface area (Å²) in [7, 11) is 2.24. The summed E-state index contributed by atoms with van der Waals surface area (Å²) in [6.07, 6.45) is 2.23. The summed E-state index contributed by atoms with van der Waals surface area (Å²) < 4.78 is 14.0. The topological polar surface area (TPSA) is 120 Å². The molecule has 8 nitrogen and oxygen atoms in total. The zero-order chi connectivity index (χ0) is 18.4. The molecule has 0 amide bonds. The lowest BCUT2D eigenvalue weighted by Crippen LogP contribution is -2.16. The van der Waals surface area contributed by atoms with Crippen LogP contribution in [0.4, 0.5) is 0 Å². The molecule has 0 saturated heterocycles. The Bertz CT molecular complexity index is 791. The molecular weight excluding hydrogens is 320 g/mol. The van der Waals surface area contributed by atoms with Crippen molar-refractivity contribution in [3.8, 4) is 0 Å². The van der Waals surface area contributed by atoms with E-state index in [1.807, 2.05) is 0 Å². The van der Waals surface area contributed by atoms with Crippen LogP contribution in [-0.2, 0) is 14.3 Å². The maximum absolute atomic E-state index is 11.8. The van der Waals surface area contributed by atoms with Crippen molar-refractivity contribution in [2.24, 2.45) is 0 Å². The highest BCUT2D eigenvalue weighted by molar-refractivity contribution is 5.99. The summed E-state index contributed by atoms with van der Waals surface area (Å²) in [5, 5.41) is 9.49. The number of aliphatic hydroxyl groups excluding tert-OH is 1. The van der Waals surface area contributed by atoms with Gasteiger partial charge in [0.2, 0.25) is 0 Å². The summed E-state index contributed by atoms with van der Waals surface area (Å²) in [5.74, 6) is -2.82. The van der Waals surface area contributed by atoms with Crippen molar-refractivity contribution in [2.45, 2.75) is 13.8 Å². The largest absolute Gasteiger partial charge is 0.512 e. The fourth-order valence-corrected chi connectivity index (χ4v) is 1.73. The maximum Gasteiger partial charge on any atom is 0.347 e. The second kappa shape index (κ2) is 7.91. The lowest BCUT2D eigenvalue weighted by Gasteiger charge is -2.05. The van der Waals surface area contributed by atoms with Gasteiger partial charge in [-0.25, -0.2) is 14.4 Å². The molecule has 128 valence electrons. The standard InChI is InChI=1S/C16H16O8/c1-8(17)10(14(19)22-3)5-6-13-12(15(20)23-4)7-11(9(2)18)16(21)24-13/h5-7,17H,1-4H3/b6-5+,10-8+. The van der Waals surface area contributed by atoms with Crippen LogP contribution in [-0.4, -0.2) is 37.0 Å². The first-order valence-electron chi connectivity index (χ1n) is 6.66. The zero-order valence-electron chi connectivity index (χ0n) is 13.5. The number of rotatable bonds is 5. The van der Waals surface area contributed by atoms with E-state index in [2.05, 4.69) is 9.47 Å². The van der Waals surface area contributed by atoms with Gasteiger partial charge in [0.25, 0.3) is 0 Å². The molecule has 0 unspecified atom stereocenters. The third-order valence-electron chi connectivity index (χ3n) is 2.96. The predicted octanol–water partition coefficient (Wildman–Crippen LogP) is 1.65. The Labute approximate surface area is 137 Å². The first-order chi connectivity index (χ1) is 11.2. The number of Topliss-reactive ketones (excluding diaryl/α,β-unsaturated/α-hetero) is 1. The molecule has 0 atom stereocenters. The highest BCUT2D eigenvalue weighted by Gasteiger charge is 2.19. The normalized spacial score (nSPS) is 11.8. The van der Waals surface area contributed by atoms with Crippen molar-refractivity contribution < 1.29 is 33.4 Å². The number of esters is 2. The van der Waals surface area contributed by atoms with Crippen LogP contribution in [0.15, 0.2) is 32.7 Å². The third kappa shape index (κ3) is 4.19. The first-order valence-corrected chi connectivity index (χ1v) is 6.66. The van der Waals surface area contributed by atoms with Gasteiger partial charge in [0.15, 0.2) is 5.78 Å². The molecule has 1 rings (SSSR count). The molecule has 1 N–H and O–H groups in total. The molecule has 1 aromatic rings. The Kier molecular flexibility index (Phi) is 6.22. The fraction of sp³-hybridized carbons (Fsp3) is 0.250. The van der Waals surface area contributed by atoms with Gasteiger partial charge in [-0.2, -0.15) is 0 Å². The van der Waals surface area contributed by atoms with Crippen LogP contribution in [0.1, 0.15) is 40.3 Å². The highest BCUT2D eigenvalue weighted by Crippen LogP contribution is 2.15. The van der Waals surface area contributed by atoms with E-state index in [0.717, 1.165) is 39.4 Å². The number of carbonyl (C=O) groups is 3. The van der Waals surface area contributed by atoms with E-state index in [9.17, 15) is 24.3 Å². The van der Waals surface area contributed by atoms with Gasteiger partial charge < -0.3 is 19.0 Å². The average Bonchev–Trinajstić information content (AvgIpc) is 2.53. The number of aliphatic hydroxyl groups is 1. The molecule has 8 heteroatoms. The second-order valence-electron chi connectivity index (χ2n) is 4.60. The van der Waals surface area contributed by atoms with E-state index >= 15 is 0 Å². The van der Waals surface area contributed by atoms with Gasteiger partial charge in [0.1, 0.15) is 22.6 Å². The SMILES string of the molecule is COC(=O)C(/C=C/c1oc(=O)c(C(C)=O)cc1C(=O)OC)=C(\C)O. The molecule has 0 fully saturated rings. The lowest BCUT2D eigenvalue weighted by atomic mass is 10.1. The smallest absolute Gasteiger partial charge is 0.347 e. The fourth-order valence-electron chi connectivity index (χ4n) is 1.73. The summed E-state index contributed by atoms with van der Waals surface area (Å²) in [4.78, 5) is 46.5. The van der Waals surface area contributed by atoms with E-state index in [1.54, 1.807) is 0 Å². The van der Waals surface area contributed by atoms with Crippen molar-refractivity contribution in [1.29, 1.82) is 0 Å². The summed E-state index contributed by atoms with van der Waals surface area (Å²) in [6, 6.07) is 1.05. The van der Waals surface area contributed by atoms with E-state index in [1.165, 1.54) is 6.92 Å². The Hall–Kier alpha value is -3.16. The molecule has 0 aliphatic carbocycles. The van der Waals surface area contributed by atoms with Gasteiger partial charge in [0.05, 0.1) is 19.8 Å². The third-order valence-corrected chi connectivity index (χ3v) is 2.96. The van der Waals surface area contributed by atoms with Gasteiger partial charge in [-0.3, -0.25) is 4.79 Å². The Balaban J connectivity index is 3.50. The van der Waals surface area contributed by atoms with Gasteiger partial charge in [0, 0.05) is 0 Å². The number of hydrogen-bond donors (Lipinski definition) is 1. The van der Waals surface area contributed by atoms with E-state index in [-0.39, 0.29) is 28.2 Å². The number of hydrogen-bond acceptors (Lipinski definition) is 8. The monoisotopic (exact) mass is 336 g/mol. The number of ether oxygens (including phenoxy) is 2. The Morgan fingerprint density at radius 3 is 2.21 bits per heavy atom. The van der Waals surface area contributed by atoms with Gasteiger partial charge >= 0.3 is 17.6 Å². The maximum atomic E-state index is 11.8. The van der Waals surface area contributed by atoms with Crippen molar-refractivity contribution in [3.63, 3.8) is 0 Å². The quantitative estimate of drug-likeness (QED) is 0.283. The molecule has 1 aromatic heterocycles. The van der Waals surface area contributed by atoms with Gasteiger partial charge in [-0.1, -0.05) is 0 Å². The van der Waals surface area contributed by atoms with Crippen molar-refractivity contribution in [3.05, 3.63) is 50.8 Å². The van der Waals surface area contributed by atoms with Crippen LogP contribution < -0.4 is 5.63 Å². The molecule has 0 aliphatic heterocycles. The van der Waals surface area contributed by atoms with E-state index in [0.29, 0.717) is 0 Å². The number of allylic oxidation sites excluding steroid dienone is 1. The van der Waals surface area contributed by atoms with Crippen molar-refractivity contribution in [2.75, 3.05) is 14.2 Å². The minimum absolute atomic E-state index is 0.182. The molecule has 24 heavy (non-hydrogen) atoms. The molecule has 0 aromatic carbocycles.